The molecule has 0 aliphatic carbocycles. The van der Waals surface area contributed by atoms with Crippen molar-refractivity contribution < 1.29 is 0 Å². The number of nitrogens with one attached hydrogen (secondary N) is 1. The molecule has 0 saturated carbocycles. The first-order chi connectivity index (χ1) is 7.32. The fourth-order valence-electron chi connectivity index (χ4n) is 2.33. The number of hydrogen-bond acceptors (Lipinski definition) is 2. The summed E-state index contributed by atoms with van der Waals surface area (Å²) >= 11 is 1.85. The van der Waals surface area contributed by atoms with Crippen molar-refractivity contribution in [1.82, 2.24) is 5.32 Å². The number of rotatable bonds is 3. The van der Waals surface area contributed by atoms with Gasteiger partial charge in [-0.2, -0.15) is 0 Å². The Labute approximate surface area is 96.3 Å². The van der Waals surface area contributed by atoms with Gasteiger partial charge in [0.15, 0.2) is 0 Å². The minimum absolute atomic E-state index is 0.215. The van der Waals surface area contributed by atoms with E-state index >= 15 is 0 Å². The van der Waals surface area contributed by atoms with Gasteiger partial charge in [-0.1, -0.05) is 0 Å². The quantitative estimate of drug-likeness (QED) is 0.599. The molecule has 1 aliphatic rings. The molecule has 78 valence electrons. The molecular weight excluding hydrogens is 201 g/mol. The fraction of sp³-hybridized carbons (Fsp3) is 0.417. The average Bonchev–Trinajstić information content (AvgIpc) is 2.85. The first-order valence-electron chi connectivity index (χ1n) is 5.37. The summed E-state index contributed by atoms with van der Waals surface area (Å²) in [5.74, 6) is 1.97. The predicted molar refractivity (Wildman–Crippen MR) is 70.6 cm³/mol. The second kappa shape index (κ2) is 4.46. The molecule has 1 nitrogen and oxygen atoms in total. The minimum atomic E-state index is 0.215. The molecule has 2 rings (SSSR count). The van der Waals surface area contributed by atoms with Gasteiger partial charge in [0.05, 0.1) is 0 Å². The van der Waals surface area contributed by atoms with E-state index in [0.29, 0.717) is 0 Å². The fourth-order valence-corrected chi connectivity index (χ4v) is 3.44. The van der Waals surface area contributed by atoms with Crippen LogP contribution in [0.1, 0.15) is 23.8 Å². The van der Waals surface area contributed by atoms with Crippen LogP contribution >= 0.6 is 11.3 Å². The molecule has 1 aromatic heterocycles. The molecule has 0 radical (unpaired) electrons. The van der Waals surface area contributed by atoms with Gasteiger partial charge in [0.25, 0.3) is 0 Å². The van der Waals surface area contributed by atoms with Gasteiger partial charge in [-0.3, -0.25) is 0 Å². The number of thiophene rings is 1. The van der Waals surface area contributed by atoms with E-state index in [9.17, 15) is 0 Å². The second-order valence-corrected chi connectivity index (χ2v) is 4.91. The Morgan fingerprint density at radius 3 is 3.07 bits per heavy atom. The molecule has 2 heterocycles. The Morgan fingerprint density at radius 1 is 1.60 bits per heavy atom. The van der Waals surface area contributed by atoms with Crippen LogP contribution in [0.15, 0.2) is 23.6 Å². The van der Waals surface area contributed by atoms with Gasteiger partial charge in [0.2, 0.25) is 0 Å². The molecule has 1 fully saturated rings. The van der Waals surface area contributed by atoms with Crippen LogP contribution in [0.4, 0.5) is 0 Å². The molecule has 15 heavy (non-hydrogen) atoms. The molecule has 0 aromatic carbocycles. The molecule has 1 aromatic rings. The zero-order valence-electron chi connectivity index (χ0n) is 9.12. The van der Waals surface area contributed by atoms with Gasteiger partial charge in [-0.25, -0.2) is 0 Å². The van der Waals surface area contributed by atoms with Gasteiger partial charge < -0.3 is 0 Å². The normalized spacial score (nSPS) is 26.1. The van der Waals surface area contributed by atoms with Gasteiger partial charge in [0.1, 0.15) is 0 Å². The summed E-state index contributed by atoms with van der Waals surface area (Å²) in [4.78, 5) is 1.46. The molecule has 1 atom stereocenters. The van der Waals surface area contributed by atoms with E-state index in [1.165, 1.54) is 16.9 Å². The Balaban J connectivity index is 2.44. The molecule has 1 saturated heterocycles. The van der Waals surface area contributed by atoms with Gasteiger partial charge >= 0.3 is 96.0 Å². The third kappa shape index (κ3) is 1.86. The van der Waals surface area contributed by atoms with E-state index in [1.54, 1.807) is 0 Å². The summed E-state index contributed by atoms with van der Waals surface area (Å²) in [6, 6.07) is 2.16. The molecule has 1 N–H and O–H groups in total. The molecule has 0 bridgehead atoms. The van der Waals surface area contributed by atoms with Crippen LogP contribution in [0.5, 0.6) is 0 Å². The third-order valence-corrected chi connectivity index (χ3v) is 4.19. The van der Waals surface area contributed by atoms with Crippen LogP contribution in [0, 0.1) is 0 Å². The number of allylic oxidation sites excluding steroid dienone is 1. The summed E-state index contributed by atoms with van der Waals surface area (Å²) in [7, 11) is 3.89. The maximum atomic E-state index is 3.89. The Kier molecular flexibility index (Phi) is 3.22. The third-order valence-electron chi connectivity index (χ3n) is 3.04. The SMILES string of the molecule is B=Cc1ccsc1C1(/C=C\C)CCNC1. The van der Waals surface area contributed by atoms with Gasteiger partial charge in [-0.15, -0.1) is 0 Å². The van der Waals surface area contributed by atoms with E-state index < -0.39 is 0 Å². The van der Waals surface area contributed by atoms with Crippen molar-refractivity contribution in [3.63, 3.8) is 0 Å². The Morgan fingerprint density at radius 2 is 2.47 bits per heavy atom. The van der Waals surface area contributed by atoms with Crippen molar-refractivity contribution in [2.45, 2.75) is 18.8 Å². The zero-order chi connectivity index (χ0) is 10.7. The van der Waals surface area contributed by atoms with Crippen molar-refractivity contribution >= 4 is 24.8 Å². The van der Waals surface area contributed by atoms with Crippen molar-refractivity contribution in [3.05, 3.63) is 34.0 Å². The van der Waals surface area contributed by atoms with Crippen LogP contribution < -0.4 is 5.32 Å². The maximum absolute atomic E-state index is 3.89. The Bertz CT molecular complexity index is 375. The summed E-state index contributed by atoms with van der Waals surface area (Å²) in [5.41, 5.74) is 1.51. The van der Waals surface area contributed by atoms with Crippen molar-refractivity contribution in [2.24, 2.45) is 0 Å². The van der Waals surface area contributed by atoms with E-state index in [2.05, 4.69) is 43.3 Å². The standard InChI is InChI=1S/C12H16BNS/c1-2-4-12(5-6-14-9-12)11-10(8-13)3-7-15-11/h2-4,7-8,13-14H,5-6,9H2,1H3/b4-2-. The summed E-state index contributed by atoms with van der Waals surface area (Å²) in [5, 5.41) is 5.62. The first-order valence-corrected chi connectivity index (χ1v) is 6.25. The van der Waals surface area contributed by atoms with Crippen LogP contribution in [0.3, 0.4) is 0 Å². The van der Waals surface area contributed by atoms with Crippen LogP contribution in [-0.4, -0.2) is 26.5 Å². The monoisotopic (exact) mass is 217 g/mol. The second-order valence-electron chi connectivity index (χ2n) is 3.99. The molecule has 1 aliphatic heterocycles. The summed E-state index contributed by atoms with van der Waals surface area (Å²) in [6.45, 7) is 4.26. The first kappa shape index (κ1) is 10.8. The topological polar surface area (TPSA) is 12.0 Å². The van der Waals surface area contributed by atoms with E-state index in [4.69, 9.17) is 0 Å². The van der Waals surface area contributed by atoms with Gasteiger partial charge in [0, 0.05) is 0 Å². The summed E-state index contributed by atoms with van der Waals surface area (Å²) < 4.78 is 0. The van der Waals surface area contributed by atoms with Crippen molar-refractivity contribution in [1.29, 1.82) is 0 Å². The van der Waals surface area contributed by atoms with Crippen LogP contribution in [0.2, 0.25) is 0 Å². The van der Waals surface area contributed by atoms with Crippen LogP contribution in [0.25, 0.3) is 0 Å². The van der Waals surface area contributed by atoms with Crippen molar-refractivity contribution in [3.8, 4) is 0 Å². The van der Waals surface area contributed by atoms with E-state index in [0.717, 1.165) is 13.1 Å². The van der Waals surface area contributed by atoms with Crippen LogP contribution in [-0.2, 0) is 5.41 Å². The zero-order valence-corrected chi connectivity index (χ0v) is 9.94. The molecule has 3 heteroatoms. The summed E-state index contributed by atoms with van der Waals surface area (Å²) in [6.07, 6.45) is 5.70. The van der Waals surface area contributed by atoms with Crippen molar-refractivity contribution in [2.75, 3.05) is 13.1 Å². The van der Waals surface area contributed by atoms with Gasteiger partial charge in [-0.05, 0) is 0 Å². The Hall–Kier alpha value is -0.665. The average molecular weight is 217 g/mol. The molecule has 1 unspecified atom stereocenters. The predicted octanol–water partition coefficient (Wildman–Crippen LogP) is 1.61. The number of hydrogen-bond donors (Lipinski definition) is 1. The van der Waals surface area contributed by atoms with E-state index in [1.807, 2.05) is 17.3 Å². The molecule has 0 spiro atoms. The molecular formula is C12H16BNS. The van der Waals surface area contributed by atoms with E-state index in [-0.39, 0.29) is 5.41 Å². The molecule has 0 amide bonds.